The number of likely N-dealkylation sites (tertiary alicyclic amines) is 1. The SMILES string of the molecule is OCCCN1CCC(F)(F)CC1. The van der Waals surface area contributed by atoms with Gasteiger partial charge in [-0.15, -0.1) is 0 Å². The molecule has 0 saturated carbocycles. The van der Waals surface area contributed by atoms with Gasteiger partial charge in [0.15, 0.2) is 0 Å². The molecule has 1 N–H and O–H groups in total. The molecular formula is C8H15F2NO. The number of hydrogen-bond acceptors (Lipinski definition) is 2. The number of rotatable bonds is 3. The summed E-state index contributed by atoms with van der Waals surface area (Å²) in [6.45, 7) is 1.82. The number of hydrogen-bond donors (Lipinski definition) is 1. The van der Waals surface area contributed by atoms with Gasteiger partial charge in [0.2, 0.25) is 0 Å². The quantitative estimate of drug-likeness (QED) is 0.701. The molecular weight excluding hydrogens is 164 g/mol. The molecule has 0 spiro atoms. The fraction of sp³-hybridized carbons (Fsp3) is 1.00. The van der Waals surface area contributed by atoms with Crippen LogP contribution in [-0.2, 0) is 0 Å². The molecule has 2 nitrogen and oxygen atoms in total. The summed E-state index contributed by atoms with van der Waals surface area (Å²) in [5.41, 5.74) is 0. The van der Waals surface area contributed by atoms with Gasteiger partial charge in [0.25, 0.3) is 5.92 Å². The Hall–Kier alpha value is -0.220. The summed E-state index contributed by atoms with van der Waals surface area (Å²) < 4.78 is 25.2. The first kappa shape index (κ1) is 9.86. The summed E-state index contributed by atoms with van der Waals surface area (Å²) in [5.74, 6) is -2.45. The van der Waals surface area contributed by atoms with Gasteiger partial charge >= 0.3 is 0 Å². The van der Waals surface area contributed by atoms with Crippen LogP contribution in [0.1, 0.15) is 19.3 Å². The summed E-state index contributed by atoms with van der Waals surface area (Å²) in [5, 5.41) is 8.52. The van der Waals surface area contributed by atoms with E-state index in [-0.39, 0.29) is 19.4 Å². The molecule has 1 rings (SSSR count). The van der Waals surface area contributed by atoms with Crippen LogP contribution < -0.4 is 0 Å². The summed E-state index contributed by atoms with van der Waals surface area (Å²) >= 11 is 0. The molecule has 1 fully saturated rings. The van der Waals surface area contributed by atoms with Gasteiger partial charge in [-0.3, -0.25) is 0 Å². The maximum atomic E-state index is 12.6. The average Bonchev–Trinajstić information content (AvgIpc) is 2.03. The topological polar surface area (TPSA) is 23.5 Å². The normalized spacial score (nSPS) is 24.2. The lowest BCUT2D eigenvalue weighted by molar-refractivity contribution is -0.0555. The molecule has 1 aliphatic heterocycles. The van der Waals surface area contributed by atoms with Crippen molar-refractivity contribution in [3.05, 3.63) is 0 Å². The maximum absolute atomic E-state index is 12.6. The van der Waals surface area contributed by atoms with Gasteiger partial charge in [-0.1, -0.05) is 0 Å². The van der Waals surface area contributed by atoms with E-state index in [1.165, 1.54) is 0 Å². The fourth-order valence-corrected chi connectivity index (χ4v) is 1.40. The van der Waals surface area contributed by atoms with Crippen LogP contribution in [-0.4, -0.2) is 42.2 Å². The Kier molecular flexibility index (Phi) is 3.40. The largest absolute Gasteiger partial charge is 0.396 e. The summed E-state index contributed by atoms with van der Waals surface area (Å²) in [4.78, 5) is 1.98. The summed E-state index contributed by atoms with van der Waals surface area (Å²) in [6, 6.07) is 0. The van der Waals surface area contributed by atoms with Crippen LogP contribution in [0, 0.1) is 0 Å². The second-order valence-electron chi connectivity index (χ2n) is 3.27. The minimum atomic E-state index is -2.45. The van der Waals surface area contributed by atoms with E-state index >= 15 is 0 Å². The Morgan fingerprint density at radius 2 is 1.83 bits per heavy atom. The molecule has 4 heteroatoms. The van der Waals surface area contributed by atoms with Gasteiger partial charge in [-0.05, 0) is 6.42 Å². The van der Waals surface area contributed by atoms with Crippen LogP contribution in [0.2, 0.25) is 0 Å². The predicted octanol–water partition coefficient (Wildman–Crippen LogP) is 1.10. The van der Waals surface area contributed by atoms with Crippen LogP contribution >= 0.6 is 0 Å². The van der Waals surface area contributed by atoms with Gasteiger partial charge in [0.1, 0.15) is 0 Å². The summed E-state index contributed by atoms with van der Waals surface area (Å²) in [7, 11) is 0. The standard InChI is InChI=1S/C8H15F2NO/c9-8(10)2-5-11(6-3-8)4-1-7-12/h12H,1-7H2. The minimum absolute atomic E-state index is 0.0293. The van der Waals surface area contributed by atoms with Crippen molar-refractivity contribution < 1.29 is 13.9 Å². The van der Waals surface area contributed by atoms with Crippen LogP contribution in [0.15, 0.2) is 0 Å². The Morgan fingerprint density at radius 3 is 2.33 bits per heavy atom. The Balaban J connectivity index is 2.18. The Labute approximate surface area is 71.2 Å². The summed E-state index contributed by atoms with van der Waals surface area (Å²) in [6.07, 6.45) is 0.627. The molecule has 0 atom stereocenters. The van der Waals surface area contributed by atoms with E-state index in [4.69, 9.17) is 5.11 Å². The number of alkyl halides is 2. The molecule has 72 valence electrons. The van der Waals surface area contributed by atoms with Crippen molar-refractivity contribution >= 4 is 0 Å². The van der Waals surface area contributed by atoms with E-state index < -0.39 is 5.92 Å². The highest BCUT2D eigenvalue weighted by Gasteiger charge is 2.33. The lowest BCUT2D eigenvalue weighted by Gasteiger charge is -2.31. The van der Waals surface area contributed by atoms with Crippen LogP contribution in [0.3, 0.4) is 0 Å². The lowest BCUT2D eigenvalue weighted by atomic mass is 10.1. The second kappa shape index (κ2) is 4.14. The molecule has 1 aliphatic rings. The Bertz CT molecular complexity index is 131. The third-order valence-electron chi connectivity index (χ3n) is 2.22. The monoisotopic (exact) mass is 179 g/mol. The first-order valence-electron chi connectivity index (χ1n) is 4.35. The number of halogens is 2. The van der Waals surface area contributed by atoms with Crippen molar-refractivity contribution in [1.82, 2.24) is 4.90 Å². The zero-order valence-electron chi connectivity index (χ0n) is 7.10. The number of aliphatic hydroxyl groups is 1. The van der Waals surface area contributed by atoms with Gasteiger partial charge in [0.05, 0.1) is 0 Å². The van der Waals surface area contributed by atoms with Crippen molar-refractivity contribution in [3.8, 4) is 0 Å². The van der Waals surface area contributed by atoms with Crippen LogP contribution in [0.4, 0.5) is 8.78 Å². The van der Waals surface area contributed by atoms with E-state index in [0.29, 0.717) is 19.5 Å². The van der Waals surface area contributed by atoms with E-state index in [2.05, 4.69) is 0 Å². The average molecular weight is 179 g/mol. The maximum Gasteiger partial charge on any atom is 0.250 e. The van der Waals surface area contributed by atoms with E-state index in [1.54, 1.807) is 0 Å². The van der Waals surface area contributed by atoms with Crippen molar-refractivity contribution in [2.24, 2.45) is 0 Å². The van der Waals surface area contributed by atoms with Gasteiger partial charge < -0.3 is 10.0 Å². The first-order valence-corrected chi connectivity index (χ1v) is 4.35. The molecule has 0 bridgehead atoms. The first-order chi connectivity index (χ1) is 5.64. The third kappa shape index (κ3) is 3.03. The van der Waals surface area contributed by atoms with Crippen LogP contribution in [0.25, 0.3) is 0 Å². The highest BCUT2D eigenvalue weighted by Crippen LogP contribution is 2.27. The molecule has 0 radical (unpaired) electrons. The lowest BCUT2D eigenvalue weighted by Crippen LogP contribution is -2.39. The highest BCUT2D eigenvalue weighted by atomic mass is 19.3. The smallest absolute Gasteiger partial charge is 0.250 e. The molecule has 0 aliphatic carbocycles. The minimum Gasteiger partial charge on any atom is -0.396 e. The van der Waals surface area contributed by atoms with E-state index in [1.807, 2.05) is 4.90 Å². The second-order valence-corrected chi connectivity index (χ2v) is 3.27. The highest BCUT2D eigenvalue weighted by molar-refractivity contribution is 4.77. The molecule has 0 aromatic carbocycles. The molecule has 1 heterocycles. The zero-order valence-corrected chi connectivity index (χ0v) is 7.10. The van der Waals surface area contributed by atoms with Crippen molar-refractivity contribution in [3.63, 3.8) is 0 Å². The molecule has 0 amide bonds. The van der Waals surface area contributed by atoms with Crippen molar-refractivity contribution in [2.45, 2.75) is 25.2 Å². The molecule has 0 aromatic rings. The van der Waals surface area contributed by atoms with Crippen molar-refractivity contribution in [1.29, 1.82) is 0 Å². The van der Waals surface area contributed by atoms with Gasteiger partial charge in [-0.25, -0.2) is 8.78 Å². The zero-order chi connectivity index (χ0) is 9.03. The van der Waals surface area contributed by atoms with Gasteiger partial charge in [0, 0.05) is 39.1 Å². The molecule has 0 unspecified atom stereocenters. The molecule has 0 aromatic heterocycles. The predicted molar refractivity (Wildman–Crippen MR) is 42.3 cm³/mol. The van der Waals surface area contributed by atoms with Gasteiger partial charge in [-0.2, -0.15) is 0 Å². The van der Waals surface area contributed by atoms with Crippen molar-refractivity contribution in [2.75, 3.05) is 26.2 Å². The van der Waals surface area contributed by atoms with Crippen LogP contribution in [0.5, 0.6) is 0 Å². The number of nitrogens with zero attached hydrogens (tertiary/aromatic N) is 1. The third-order valence-corrected chi connectivity index (χ3v) is 2.22. The van der Waals surface area contributed by atoms with E-state index in [0.717, 1.165) is 6.54 Å². The number of aliphatic hydroxyl groups excluding tert-OH is 1. The Morgan fingerprint density at radius 1 is 1.25 bits per heavy atom. The molecule has 12 heavy (non-hydrogen) atoms. The fourth-order valence-electron chi connectivity index (χ4n) is 1.40. The van der Waals surface area contributed by atoms with E-state index in [9.17, 15) is 8.78 Å². The number of piperidine rings is 1. The molecule has 1 saturated heterocycles.